The number of carbonyl (C=O) groups is 1. The van der Waals surface area contributed by atoms with E-state index in [-0.39, 0.29) is 18.2 Å². The van der Waals surface area contributed by atoms with Gasteiger partial charge in [0.25, 0.3) is 5.91 Å². The summed E-state index contributed by atoms with van der Waals surface area (Å²) in [6.45, 7) is 0.254. The summed E-state index contributed by atoms with van der Waals surface area (Å²) in [7, 11) is 3.06. The summed E-state index contributed by atoms with van der Waals surface area (Å²) in [4.78, 5) is 14.3. The fourth-order valence-corrected chi connectivity index (χ4v) is 2.49. The minimum atomic E-state index is -0.463. The summed E-state index contributed by atoms with van der Waals surface area (Å²) in [5.74, 6) is -0.515. The maximum Gasteiger partial charge on any atom is 0.256 e. The highest BCUT2D eigenvalue weighted by Gasteiger charge is 2.18. The van der Waals surface area contributed by atoms with Gasteiger partial charge < -0.3 is 9.64 Å². The molecule has 0 saturated carbocycles. The molecule has 0 N–H and O–H groups in total. The number of halogens is 1. The number of carbonyl (C=O) groups excluding carboxylic acids is 1. The van der Waals surface area contributed by atoms with Crippen molar-refractivity contribution < 1.29 is 13.9 Å². The molecule has 8 heteroatoms. The number of nitrogens with zero attached hydrogens (tertiary/aromatic N) is 5. The van der Waals surface area contributed by atoms with Crippen molar-refractivity contribution in [2.45, 2.75) is 6.54 Å². The fraction of sp³-hybridized carbons (Fsp3) is 0.176. The van der Waals surface area contributed by atoms with E-state index in [0.29, 0.717) is 16.8 Å². The smallest absolute Gasteiger partial charge is 0.256 e. The van der Waals surface area contributed by atoms with Crippen molar-refractivity contribution in [1.82, 2.24) is 25.1 Å². The van der Waals surface area contributed by atoms with Crippen LogP contribution in [0, 0.1) is 5.82 Å². The van der Waals surface area contributed by atoms with Gasteiger partial charge in [-0.2, -0.15) is 4.68 Å². The second kappa shape index (κ2) is 7.08. The quantitative estimate of drug-likeness (QED) is 0.710. The van der Waals surface area contributed by atoms with Gasteiger partial charge in [0.05, 0.1) is 18.4 Å². The first kappa shape index (κ1) is 16.6. The Balaban J connectivity index is 1.83. The van der Waals surface area contributed by atoms with E-state index < -0.39 is 5.82 Å². The summed E-state index contributed by atoms with van der Waals surface area (Å²) in [5.41, 5.74) is 1.69. The van der Waals surface area contributed by atoms with Crippen LogP contribution in [-0.4, -0.2) is 45.2 Å². The van der Waals surface area contributed by atoms with Crippen molar-refractivity contribution in [2.75, 3.05) is 14.2 Å². The molecule has 0 bridgehead atoms. The zero-order chi connectivity index (χ0) is 17.8. The maximum absolute atomic E-state index is 13.8. The third-order valence-corrected chi connectivity index (χ3v) is 3.71. The molecule has 0 aliphatic heterocycles. The average molecular weight is 341 g/mol. The van der Waals surface area contributed by atoms with Gasteiger partial charge in [0.1, 0.15) is 6.33 Å². The van der Waals surface area contributed by atoms with Gasteiger partial charge >= 0.3 is 0 Å². The molecule has 7 nitrogen and oxygen atoms in total. The van der Waals surface area contributed by atoms with Crippen molar-refractivity contribution in [3.63, 3.8) is 0 Å². The molecule has 0 spiro atoms. The van der Waals surface area contributed by atoms with Crippen LogP contribution in [0.25, 0.3) is 5.69 Å². The van der Waals surface area contributed by atoms with Gasteiger partial charge in [-0.05, 0) is 40.3 Å². The summed E-state index contributed by atoms with van der Waals surface area (Å²) >= 11 is 0. The molecular formula is C17H16FN5O2. The highest BCUT2D eigenvalue weighted by molar-refractivity contribution is 5.97. The number of benzene rings is 2. The van der Waals surface area contributed by atoms with Gasteiger partial charge in [0.2, 0.25) is 0 Å². The Morgan fingerprint density at radius 2 is 2.08 bits per heavy atom. The zero-order valence-corrected chi connectivity index (χ0v) is 13.8. The fourth-order valence-electron chi connectivity index (χ4n) is 2.49. The van der Waals surface area contributed by atoms with Crippen LogP contribution in [0.3, 0.4) is 0 Å². The van der Waals surface area contributed by atoms with Crippen LogP contribution >= 0.6 is 0 Å². The molecule has 3 rings (SSSR count). The Morgan fingerprint density at radius 1 is 1.28 bits per heavy atom. The Bertz CT molecular complexity index is 883. The highest BCUT2D eigenvalue weighted by atomic mass is 19.1. The second-order valence-electron chi connectivity index (χ2n) is 5.40. The van der Waals surface area contributed by atoms with Crippen LogP contribution in [0.15, 0.2) is 48.8 Å². The number of tetrazole rings is 1. The summed E-state index contributed by atoms with van der Waals surface area (Å²) in [5, 5.41) is 11.0. The molecule has 3 aromatic rings. The largest absolute Gasteiger partial charge is 0.494 e. The van der Waals surface area contributed by atoms with Crippen molar-refractivity contribution in [1.29, 1.82) is 0 Å². The van der Waals surface area contributed by atoms with E-state index in [1.54, 1.807) is 37.4 Å². The van der Waals surface area contributed by atoms with Gasteiger partial charge in [-0.25, -0.2) is 4.39 Å². The molecule has 0 saturated heterocycles. The highest BCUT2D eigenvalue weighted by Crippen LogP contribution is 2.20. The number of para-hydroxylation sites is 1. The minimum absolute atomic E-state index is 0.168. The molecule has 1 heterocycles. The van der Waals surface area contributed by atoms with Crippen LogP contribution in [0.5, 0.6) is 5.75 Å². The van der Waals surface area contributed by atoms with Crippen LogP contribution < -0.4 is 4.74 Å². The number of ether oxygens (including phenoxy) is 1. The monoisotopic (exact) mass is 341 g/mol. The molecular weight excluding hydrogens is 325 g/mol. The molecule has 0 fully saturated rings. The van der Waals surface area contributed by atoms with E-state index in [4.69, 9.17) is 4.74 Å². The molecule has 0 aliphatic carbocycles. The normalized spacial score (nSPS) is 10.5. The average Bonchev–Trinajstić information content (AvgIpc) is 3.16. The van der Waals surface area contributed by atoms with Crippen LogP contribution in [0.1, 0.15) is 15.9 Å². The van der Waals surface area contributed by atoms with E-state index in [9.17, 15) is 9.18 Å². The molecule has 0 atom stereocenters. The molecule has 128 valence electrons. The van der Waals surface area contributed by atoms with E-state index in [1.807, 2.05) is 0 Å². The first-order chi connectivity index (χ1) is 12.1. The number of methoxy groups -OCH3 is 1. The molecule has 0 radical (unpaired) electrons. The second-order valence-corrected chi connectivity index (χ2v) is 5.40. The van der Waals surface area contributed by atoms with Crippen molar-refractivity contribution >= 4 is 5.91 Å². The van der Waals surface area contributed by atoms with Gasteiger partial charge in [0, 0.05) is 13.6 Å². The van der Waals surface area contributed by atoms with E-state index >= 15 is 0 Å². The van der Waals surface area contributed by atoms with Crippen molar-refractivity contribution in [3.05, 3.63) is 65.7 Å². The summed E-state index contributed by atoms with van der Waals surface area (Å²) in [6, 6.07) is 11.6. The predicted octanol–water partition coefficient (Wildman–Crippen LogP) is 2.08. The molecule has 25 heavy (non-hydrogen) atoms. The number of amides is 1. The molecule has 0 aliphatic rings. The van der Waals surface area contributed by atoms with Crippen LogP contribution in [-0.2, 0) is 6.54 Å². The SMILES string of the molecule is COc1ccc(CN(C)C(=O)c2ccccc2-n2cnnn2)cc1F. The number of aromatic nitrogens is 4. The summed E-state index contributed by atoms with van der Waals surface area (Å²) < 4.78 is 20.1. The number of hydrogen-bond donors (Lipinski definition) is 0. The predicted molar refractivity (Wildman–Crippen MR) is 87.9 cm³/mol. The molecule has 1 aromatic heterocycles. The van der Waals surface area contributed by atoms with Gasteiger partial charge in [-0.3, -0.25) is 4.79 Å². The first-order valence-electron chi connectivity index (χ1n) is 7.50. The van der Waals surface area contributed by atoms with Gasteiger partial charge in [-0.1, -0.05) is 18.2 Å². The van der Waals surface area contributed by atoms with E-state index in [2.05, 4.69) is 15.5 Å². The molecule has 0 unspecified atom stereocenters. The minimum Gasteiger partial charge on any atom is -0.494 e. The Kier molecular flexibility index (Phi) is 4.69. The maximum atomic E-state index is 13.8. The molecule has 1 amide bonds. The van der Waals surface area contributed by atoms with Crippen molar-refractivity contribution in [3.8, 4) is 11.4 Å². The lowest BCUT2D eigenvalue weighted by Crippen LogP contribution is -2.27. The third-order valence-electron chi connectivity index (χ3n) is 3.71. The number of hydrogen-bond acceptors (Lipinski definition) is 5. The van der Waals surface area contributed by atoms with Crippen molar-refractivity contribution in [2.24, 2.45) is 0 Å². The number of rotatable bonds is 5. The van der Waals surface area contributed by atoms with Gasteiger partial charge in [-0.15, -0.1) is 5.10 Å². The Hall–Kier alpha value is -3.29. The first-order valence-corrected chi connectivity index (χ1v) is 7.50. The lowest BCUT2D eigenvalue weighted by atomic mass is 10.1. The van der Waals surface area contributed by atoms with Crippen LogP contribution in [0.2, 0.25) is 0 Å². The lowest BCUT2D eigenvalue weighted by Gasteiger charge is -2.19. The topological polar surface area (TPSA) is 73.1 Å². The standard InChI is InChI=1S/C17H16FN5O2/c1-22(10-12-7-8-16(25-2)14(18)9-12)17(24)13-5-3-4-6-15(13)23-11-19-20-21-23/h3-9,11H,10H2,1-2H3. The Labute approximate surface area is 143 Å². The Morgan fingerprint density at radius 3 is 2.76 bits per heavy atom. The van der Waals surface area contributed by atoms with E-state index in [0.717, 1.165) is 0 Å². The van der Waals surface area contributed by atoms with Crippen LogP contribution in [0.4, 0.5) is 4.39 Å². The van der Waals surface area contributed by atoms with E-state index in [1.165, 1.54) is 35.2 Å². The lowest BCUT2D eigenvalue weighted by molar-refractivity contribution is 0.0784. The molecule has 2 aromatic carbocycles. The zero-order valence-electron chi connectivity index (χ0n) is 13.8. The third kappa shape index (κ3) is 3.47. The summed E-state index contributed by atoms with van der Waals surface area (Å²) in [6.07, 6.45) is 1.42. The van der Waals surface area contributed by atoms with Gasteiger partial charge in [0.15, 0.2) is 11.6 Å².